The molecule has 0 aliphatic rings. The van der Waals surface area contributed by atoms with Gasteiger partial charge in [0.1, 0.15) is 74.1 Å². The number of allylic oxidation sites excluding steroid dienone is 1. The van der Waals surface area contributed by atoms with Crippen LogP contribution >= 0.6 is 52.7 Å². The zero-order valence-electron chi connectivity index (χ0n) is 39.5. The van der Waals surface area contributed by atoms with E-state index in [1.54, 1.807) is 11.3 Å². The van der Waals surface area contributed by atoms with E-state index in [0.717, 1.165) is 6.42 Å². The first kappa shape index (κ1) is 52.3. The number of likely N-dealkylation sites (N-methyl/N-ethyl adjacent to an activating group) is 1. The quantitative estimate of drug-likeness (QED) is 0.0593. The van der Waals surface area contributed by atoms with Gasteiger partial charge in [0.05, 0.1) is 0 Å². The molecule has 8 aromatic carbocycles. The van der Waals surface area contributed by atoms with Crippen molar-refractivity contribution in [2.24, 2.45) is 0 Å². The first-order valence-corrected chi connectivity index (χ1v) is 34.1. The number of halogens is 1. The van der Waals surface area contributed by atoms with Crippen LogP contribution in [0, 0.1) is 6.92 Å². The summed E-state index contributed by atoms with van der Waals surface area (Å²) in [7, 11) is 6.48. The van der Waals surface area contributed by atoms with Gasteiger partial charge in [-0.1, -0.05) is 146 Å². The summed E-state index contributed by atoms with van der Waals surface area (Å²) < 4.78 is 3.01. The number of aryl methyl sites for hydroxylation is 1. The Hall–Kier alpha value is -4.52. The number of quaternary nitrogens is 1. The molecule has 0 aliphatic carbocycles. The average molecular weight is 1100 g/mol. The molecular weight excluding hydrogens is 1040 g/mol. The molecule has 0 saturated heterocycles. The molecule has 0 atom stereocenters. The summed E-state index contributed by atoms with van der Waals surface area (Å²) >= 11 is 1.50. The molecule has 0 saturated carbocycles. The molecule has 0 amide bonds. The molecule has 69 heavy (non-hydrogen) atoms. The van der Waals surface area contributed by atoms with Crippen molar-refractivity contribution in [3.05, 3.63) is 276 Å². The standard InChI is InChI=1S/2C25H22P2.C11H13NS.ClH.Ru/c2*1-5-13-22(14-6-1)26(23-15-7-2-8-16-23)21-27(24-17-9-3-10-18-24)25-19-11-4-12-20-25;1-5-11(12(3)4)8-10-6-7-13-9(10)2;;/h2*1-20H,21H2;6-7H,8H2,2-4H3;1H;/q;;;;+1/p+4. The van der Waals surface area contributed by atoms with E-state index in [-0.39, 0.29) is 15.7 Å². The molecule has 1 nitrogen and oxygen atoms in total. The van der Waals surface area contributed by atoms with Crippen molar-refractivity contribution in [1.29, 1.82) is 0 Å². The summed E-state index contributed by atoms with van der Waals surface area (Å²) in [5, 5.41) is 14.2. The Morgan fingerprint density at radius 2 is 0.667 bits per heavy atom. The Bertz CT molecular complexity index is 2450. The van der Waals surface area contributed by atoms with Gasteiger partial charge in [0.15, 0.2) is 11.8 Å². The molecule has 1 N–H and O–H groups in total. The van der Waals surface area contributed by atoms with Crippen LogP contribution in [0.5, 0.6) is 0 Å². The van der Waals surface area contributed by atoms with Crippen molar-refractivity contribution in [1.82, 2.24) is 0 Å². The maximum absolute atomic E-state index is 5.66. The van der Waals surface area contributed by atoms with Crippen LogP contribution in [0.2, 0.25) is 0 Å². The van der Waals surface area contributed by atoms with Crippen LogP contribution in [0.3, 0.4) is 0 Å². The second kappa shape index (κ2) is 29.0. The van der Waals surface area contributed by atoms with Crippen molar-refractivity contribution in [2.45, 2.75) is 13.3 Å². The number of benzene rings is 8. The second-order valence-corrected chi connectivity index (χ2v) is 30.6. The fraction of sp³-hybridized carbons (Fsp3) is 0.0984. The van der Waals surface area contributed by atoms with E-state index in [4.69, 9.17) is 9.69 Å². The van der Waals surface area contributed by atoms with Gasteiger partial charge >= 0.3 is 107 Å². The zero-order valence-corrected chi connectivity index (χ0v) is 46.8. The van der Waals surface area contributed by atoms with Gasteiger partial charge in [-0.3, -0.25) is 0 Å². The predicted octanol–water partition coefficient (Wildman–Crippen LogP) is 10.8. The third kappa shape index (κ3) is 16.3. The molecule has 0 radical (unpaired) electrons. The molecule has 0 bridgehead atoms. The van der Waals surface area contributed by atoms with Crippen molar-refractivity contribution >= 4 is 99.4 Å². The third-order valence-corrected chi connectivity index (χ3v) is 27.4. The number of rotatable bonds is 15. The van der Waals surface area contributed by atoms with Gasteiger partial charge in [-0.05, 0) is 97.1 Å². The minimum atomic E-state index is -0.847. The summed E-state index contributed by atoms with van der Waals surface area (Å²) in [5.74, 6) is 2.49. The molecule has 8 heteroatoms. The third-order valence-electron chi connectivity index (χ3n) is 11.9. The largest absolute Gasteiger partial charge is 0.174 e. The number of hydrogen-bond acceptors (Lipinski definition) is 1. The molecule has 1 heterocycles. The normalized spacial score (nSPS) is 10.8. The van der Waals surface area contributed by atoms with Crippen molar-refractivity contribution in [2.75, 3.05) is 25.9 Å². The molecule has 0 spiro atoms. The number of nitrogens with one attached hydrogen (secondary N) is 1. The molecule has 1 aromatic heterocycles. The minimum Gasteiger partial charge on any atom is -0.0620 e. The van der Waals surface area contributed by atoms with Gasteiger partial charge < -0.3 is 0 Å². The molecule has 0 unspecified atom stereocenters. The molecule has 0 aliphatic heterocycles. The summed E-state index contributed by atoms with van der Waals surface area (Å²) in [4.78, 5) is 2.67. The Labute approximate surface area is 431 Å². The molecule has 9 rings (SSSR count). The fourth-order valence-corrected chi connectivity index (χ4v) is 24.9. The van der Waals surface area contributed by atoms with Crippen LogP contribution in [-0.2, 0) is 22.1 Å². The molecule has 9 aromatic rings. The van der Waals surface area contributed by atoms with E-state index in [2.05, 4.69) is 285 Å². The van der Waals surface area contributed by atoms with Gasteiger partial charge in [-0.15, -0.1) is 0 Å². The van der Waals surface area contributed by atoms with E-state index in [1.807, 2.05) is 0 Å². The maximum atomic E-state index is 5.66. The summed E-state index contributed by atoms with van der Waals surface area (Å²) in [6.45, 7) is 2.16. The Kier molecular flexibility index (Phi) is 22.0. The van der Waals surface area contributed by atoms with E-state index in [9.17, 15) is 0 Å². The van der Waals surface area contributed by atoms with Gasteiger partial charge in [0.2, 0.25) is 0 Å². The molecule has 347 valence electrons. The van der Waals surface area contributed by atoms with Crippen LogP contribution in [0.15, 0.2) is 266 Å². The SMILES string of the molecule is Cc1sccc1CC(=C=[C]=[Ru][Cl])[NH+](C)C.c1ccc([PH+](C[PH+](c2ccccc2)c2ccccc2)c2ccccc2)cc1.c1ccc([PH+](C[PH+](c2ccccc2)c2ccccc2)c2ccccc2)cc1. The summed E-state index contributed by atoms with van der Waals surface area (Å²) in [6.07, 6.45) is 0.946. The van der Waals surface area contributed by atoms with Gasteiger partial charge in [-0.25, -0.2) is 0 Å². The van der Waals surface area contributed by atoms with Crippen molar-refractivity contribution in [3.8, 4) is 0 Å². The smallest absolute Gasteiger partial charge is 0.0620 e. The number of hydrogen-bond donors (Lipinski definition) is 1. The van der Waals surface area contributed by atoms with E-state index in [1.165, 1.54) is 75.3 Å². The molecular formula is C61H62ClNP4RuS+5. The topological polar surface area (TPSA) is 4.44 Å². The molecule has 0 fully saturated rings. The Morgan fingerprint density at radius 3 is 0.855 bits per heavy atom. The zero-order chi connectivity index (χ0) is 47.9. The van der Waals surface area contributed by atoms with E-state index < -0.39 is 31.7 Å². The van der Waals surface area contributed by atoms with Gasteiger partial charge in [0, 0.05) is 0 Å². The van der Waals surface area contributed by atoms with E-state index in [0.29, 0.717) is 0 Å². The van der Waals surface area contributed by atoms with Crippen LogP contribution < -0.4 is 47.3 Å². The monoisotopic (exact) mass is 1100 g/mol. The minimum absolute atomic E-state index is 0.291. The van der Waals surface area contributed by atoms with Crippen molar-refractivity contribution < 1.29 is 20.6 Å². The second-order valence-electron chi connectivity index (χ2n) is 16.6. The average Bonchev–Trinajstić information content (AvgIpc) is 3.83. The predicted molar refractivity (Wildman–Crippen MR) is 315 cm³/mol. The summed E-state index contributed by atoms with van der Waals surface area (Å²) in [6, 6.07) is 91.1. The van der Waals surface area contributed by atoms with Gasteiger partial charge in [0.25, 0.3) is 0 Å². The first-order valence-electron chi connectivity index (χ1n) is 23.3. The van der Waals surface area contributed by atoms with Gasteiger partial charge in [-0.2, -0.15) is 0 Å². The Balaban J connectivity index is 0.000000160. The fourth-order valence-electron chi connectivity index (χ4n) is 8.15. The maximum Gasteiger partial charge on any atom is 0.174 e. The van der Waals surface area contributed by atoms with Crippen LogP contribution in [-0.4, -0.2) is 30.2 Å². The Morgan fingerprint density at radius 1 is 0.420 bits per heavy atom. The van der Waals surface area contributed by atoms with Crippen LogP contribution in [0.1, 0.15) is 10.4 Å². The first-order chi connectivity index (χ1) is 34.0. The summed E-state index contributed by atoms with van der Waals surface area (Å²) in [5.41, 5.74) is 5.78. The van der Waals surface area contributed by atoms with Crippen molar-refractivity contribution in [3.63, 3.8) is 0 Å². The van der Waals surface area contributed by atoms with Crippen LogP contribution in [0.4, 0.5) is 0 Å². The van der Waals surface area contributed by atoms with E-state index >= 15 is 0 Å². The number of thiophene rings is 1. The van der Waals surface area contributed by atoms with Crippen LogP contribution in [0.25, 0.3) is 0 Å².